The quantitative estimate of drug-likeness (QED) is 0.575. The summed E-state index contributed by atoms with van der Waals surface area (Å²) < 4.78 is 44.1. The van der Waals surface area contributed by atoms with Crippen molar-refractivity contribution in [3.63, 3.8) is 0 Å². The number of halogens is 3. The second-order valence-corrected chi connectivity index (χ2v) is 7.37. The Morgan fingerprint density at radius 3 is 2.47 bits per heavy atom. The minimum Gasteiger partial charge on any atom is -0.452 e. The van der Waals surface area contributed by atoms with Crippen LogP contribution in [0.4, 0.5) is 18.9 Å². The molecule has 2 heterocycles. The van der Waals surface area contributed by atoms with Crippen molar-refractivity contribution in [1.29, 1.82) is 0 Å². The third kappa shape index (κ3) is 4.66. The van der Waals surface area contributed by atoms with Crippen LogP contribution in [0.1, 0.15) is 15.9 Å². The number of benzene rings is 2. The molecule has 0 saturated carbocycles. The number of carbonyl (C=O) groups is 2. The maximum atomic E-state index is 12.9. The third-order valence-corrected chi connectivity index (χ3v) is 5.36. The monoisotopic (exact) mass is 443 g/mol. The van der Waals surface area contributed by atoms with E-state index in [0.717, 1.165) is 12.1 Å². The topological polar surface area (TPSA) is 62.7 Å². The van der Waals surface area contributed by atoms with E-state index in [0.29, 0.717) is 48.3 Å². The summed E-state index contributed by atoms with van der Waals surface area (Å²) >= 11 is 0. The second kappa shape index (κ2) is 8.86. The van der Waals surface area contributed by atoms with Crippen molar-refractivity contribution >= 4 is 28.5 Å². The zero-order valence-electron chi connectivity index (χ0n) is 17.0. The largest absolute Gasteiger partial charge is 0.452 e. The molecule has 4 rings (SSSR count). The lowest BCUT2D eigenvalue weighted by molar-refractivity contribution is -0.137. The van der Waals surface area contributed by atoms with Gasteiger partial charge in [0.05, 0.1) is 16.6 Å². The number of esters is 1. The summed E-state index contributed by atoms with van der Waals surface area (Å²) in [6, 6.07) is 13.7. The van der Waals surface area contributed by atoms with Crippen molar-refractivity contribution < 1.29 is 27.5 Å². The molecule has 1 amide bonds. The number of rotatable bonds is 4. The van der Waals surface area contributed by atoms with E-state index < -0.39 is 24.3 Å². The number of piperazine rings is 1. The Balaban J connectivity index is 1.33. The van der Waals surface area contributed by atoms with Crippen LogP contribution in [0.25, 0.3) is 10.9 Å². The summed E-state index contributed by atoms with van der Waals surface area (Å²) in [6.45, 7) is 1.01. The molecule has 1 fully saturated rings. The molecule has 6 nitrogen and oxygen atoms in total. The highest BCUT2D eigenvalue weighted by molar-refractivity contribution is 6.03. The molecule has 1 aliphatic rings. The Morgan fingerprint density at radius 1 is 0.969 bits per heavy atom. The van der Waals surface area contributed by atoms with Crippen molar-refractivity contribution in [2.45, 2.75) is 6.18 Å². The minimum atomic E-state index is -4.40. The van der Waals surface area contributed by atoms with Crippen molar-refractivity contribution in [2.24, 2.45) is 0 Å². The van der Waals surface area contributed by atoms with E-state index in [2.05, 4.69) is 4.98 Å². The second-order valence-electron chi connectivity index (χ2n) is 7.37. The number of fused-ring (bicyclic) bond motifs is 1. The number of alkyl halides is 3. The number of anilines is 1. The van der Waals surface area contributed by atoms with Gasteiger partial charge in [0.2, 0.25) is 0 Å². The molecule has 9 heteroatoms. The van der Waals surface area contributed by atoms with Crippen LogP contribution in [0.5, 0.6) is 0 Å². The summed E-state index contributed by atoms with van der Waals surface area (Å²) in [5, 5.41) is 0.641. The summed E-state index contributed by atoms with van der Waals surface area (Å²) in [4.78, 5) is 32.5. The zero-order chi connectivity index (χ0) is 22.7. The van der Waals surface area contributed by atoms with Crippen LogP contribution in [0.3, 0.4) is 0 Å². The molecule has 0 atom stereocenters. The lowest BCUT2D eigenvalue weighted by Crippen LogP contribution is -2.50. The predicted molar refractivity (Wildman–Crippen MR) is 112 cm³/mol. The molecule has 0 bridgehead atoms. The van der Waals surface area contributed by atoms with E-state index in [1.165, 1.54) is 6.07 Å². The van der Waals surface area contributed by atoms with Gasteiger partial charge in [0.25, 0.3) is 5.91 Å². The molecule has 1 aromatic heterocycles. The van der Waals surface area contributed by atoms with Gasteiger partial charge in [-0.1, -0.05) is 18.2 Å². The molecule has 0 spiro atoms. The number of hydrogen-bond donors (Lipinski definition) is 0. The van der Waals surface area contributed by atoms with E-state index in [-0.39, 0.29) is 5.91 Å². The number of ether oxygens (including phenoxy) is 1. The molecule has 0 aliphatic carbocycles. The highest BCUT2D eigenvalue weighted by Gasteiger charge is 2.31. The van der Waals surface area contributed by atoms with E-state index >= 15 is 0 Å². The molecule has 1 aliphatic heterocycles. The highest BCUT2D eigenvalue weighted by atomic mass is 19.4. The van der Waals surface area contributed by atoms with Gasteiger partial charge in [-0.15, -0.1) is 0 Å². The van der Waals surface area contributed by atoms with Crippen LogP contribution in [-0.2, 0) is 15.7 Å². The highest BCUT2D eigenvalue weighted by Crippen LogP contribution is 2.31. The van der Waals surface area contributed by atoms with Crippen LogP contribution < -0.4 is 4.90 Å². The Labute approximate surface area is 182 Å². The first-order chi connectivity index (χ1) is 15.3. The van der Waals surface area contributed by atoms with Gasteiger partial charge in [0, 0.05) is 43.4 Å². The Kier molecular flexibility index (Phi) is 5.98. The zero-order valence-corrected chi connectivity index (χ0v) is 17.0. The summed E-state index contributed by atoms with van der Waals surface area (Å²) in [6.07, 6.45) is -2.78. The van der Waals surface area contributed by atoms with Gasteiger partial charge in [-0.3, -0.25) is 9.78 Å². The fourth-order valence-electron chi connectivity index (χ4n) is 3.67. The number of aromatic nitrogens is 1. The van der Waals surface area contributed by atoms with E-state index in [1.807, 2.05) is 0 Å². The average molecular weight is 443 g/mol. The molecule has 1 saturated heterocycles. The number of pyridine rings is 1. The normalized spacial score (nSPS) is 14.5. The Hall–Kier alpha value is -3.62. The van der Waals surface area contributed by atoms with E-state index in [1.54, 1.807) is 52.4 Å². The first kappa shape index (κ1) is 21.6. The van der Waals surface area contributed by atoms with Gasteiger partial charge in [-0.2, -0.15) is 13.2 Å². The Morgan fingerprint density at radius 2 is 1.72 bits per heavy atom. The van der Waals surface area contributed by atoms with Crippen LogP contribution in [-0.4, -0.2) is 54.5 Å². The molecular weight excluding hydrogens is 423 g/mol. The summed E-state index contributed by atoms with van der Waals surface area (Å²) in [5.41, 5.74) is 0.740. The lowest BCUT2D eigenvalue weighted by atomic mass is 10.1. The molecule has 2 aromatic carbocycles. The molecule has 0 unspecified atom stereocenters. The van der Waals surface area contributed by atoms with Crippen LogP contribution in [0.2, 0.25) is 0 Å². The maximum Gasteiger partial charge on any atom is 0.416 e. The maximum absolute atomic E-state index is 12.9. The molecule has 32 heavy (non-hydrogen) atoms. The van der Waals surface area contributed by atoms with Crippen LogP contribution in [0, 0.1) is 0 Å². The third-order valence-electron chi connectivity index (χ3n) is 5.36. The van der Waals surface area contributed by atoms with Crippen LogP contribution >= 0.6 is 0 Å². The minimum absolute atomic E-state index is 0.324. The smallest absolute Gasteiger partial charge is 0.416 e. The number of amides is 1. The van der Waals surface area contributed by atoms with E-state index in [9.17, 15) is 22.8 Å². The van der Waals surface area contributed by atoms with Gasteiger partial charge >= 0.3 is 12.1 Å². The van der Waals surface area contributed by atoms with Crippen molar-refractivity contribution in [3.05, 3.63) is 71.9 Å². The number of hydrogen-bond acceptors (Lipinski definition) is 5. The van der Waals surface area contributed by atoms with Gasteiger partial charge < -0.3 is 14.5 Å². The molecule has 3 aromatic rings. The fourth-order valence-corrected chi connectivity index (χ4v) is 3.67. The lowest BCUT2D eigenvalue weighted by Gasteiger charge is -2.36. The predicted octanol–water partition coefficient (Wildman–Crippen LogP) is 3.76. The molecule has 166 valence electrons. The summed E-state index contributed by atoms with van der Waals surface area (Å²) in [7, 11) is 0. The summed E-state index contributed by atoms with van der Waals surface area (Å²) in [5.74, 6) is -0.958. The van der Waals surface area contributed by atoms with Gasteiger partial charge in [-0.25, -0.2) is 4.79 Å². The van der Waals surface area contributed by atoms with Crippen molar-refractivity contribution in [1.82, 2.24) is 9.88 Å². The van der Waals surface area contributed by atoms with Gasteiger partial charge in [0.1, 0.15) is 0 Å². The molecular formula is C23H20F3N3O3. The fraction of sp³-hybridized carbons (Fsp3) is 0.261. The molecule has 0 radical (unpaired) electrons. The van der Waals surface area contributed by atoms with Crippen LogP contribution in [0.15, 0.2) is 60.8 Å². The first-order valence-electron chi connectivity index (χ1n) is 10.0. The Bertz CT molecular complexity index is 1140. The molecule has 0 N–H and O–H groups in total. The van der Waals surface area contributed by atoms with Gasteiger partial charge in [0.15, 0.2) is 6.61 Å². The average Bonchev–Trinajstić information content (AvgIpc) is 2.81. The van der Waals surface area contributed by atoms with Gasteiger partial charge in [-0.05, 0) is 36.4 Å². The standard InChI is InChI=1S/C23H20F3N3O3/c24-23(25,26)16-4-1-5-17(14-16)28-10-12-29(13-11-28)21(30)15-32-22(31)19-6-2-8-20-18(19)7-3-9-27-20/h1-9,14H,10-13,15H2. The SMILES string of the molecule is O=C(OCC(=O)N1CCN(c2cccc(C(F)(F)F)c2)CC1)c1cccc2ncccc12. The number of nitrogens with zero attached hydrogens (tertiary/aromatic N) is 3. The van der Waals surface area contributed by atoms with Crippen molar-refractivity contribution in [3.8, 4) is 0 Å². The van der Waals surface area contributed by atoms with Crippen molar-refractivity contribution in [2.75, 3.05) is 37.7 Å². The van der Waals surface area contributed by atoms with E-state index in [4.69, 9.17) is 4.74 Å². The number of carbonyl (C=O) groups excluding carboxylic acids is 2. The first-order valence-corrected chi connectivity index (χ1v) is 10.0.